The van der Waals surface area contributed by atoms with Crippen molar-refractivity contribution >= 4 is 51.2 Å². The molecule has 2 aromatic rings. The molecule has 0 unspecified atom stereocenters. The van der Waals surface area contributed by atoms with Crippen molar-refractivity contribution < 1.29 is 51.9 Å². The molecule has 0 aliphatic heterocycles. The second-order valence-corrected chi connectivity index (χ2v) is 10.4. The van der Waals surface area contributed by atoms with Crippen LogP contribution in [0.1, 0.15) is 0 Å². The average Bonchev–Trinajstić information content (AvgIpc) is 2.40. The topological polar surface area (TPSA) is 217 Å². The lowest BCUT2D eigenvalue weighted by atomic mass is 10.1. The highest BCUT2D eigenvalue weighted by Crippen LogP contribution is 2.35. The van der Waals surface area contributed by atoms with Crippen LogP contribution >= 0.6 is 0 Å². The van der Waals surface area contributed by atoms with Gasteiger partial charge in [-0.25, -0.2) is 0 Å². The van der Waals surface area contributed by atoms with Crippen LogP contribution in [0.25, 0.3) is 10.8 Å². The van der Waals surface area contributed by atoms with Crippen molar-refractivity contribution in [1.29, 1.82) is 0 Å². The number of hydrogen-bond acceptors (Lipinski definition) is 8. The first-order chi connectivity index (χ1) is 11.4. The Balaban J connectivity index is 3.34. The molecule has 0 saturated carbocycles. The summed E-state index contributed by atoms with van der Waals surface area (Å²) in [7, 11) is -21.1. The molecule has 4 N–H and O–H groups in total. The molecule has 16 heteroatoms. The Morgan fingerprint density at radius 3 is 1.42 bits per heavy atom. The van der Waals surface area contributed by atoms with Crippen LogP contribution in [0.3, 0.4) is 0 Å². The first kappa shape index (κ1) is 20.6. The molecule has 2 rings (SSSR count). The van der Waals surface area contributed by atoms with Crippen molar-refractivity contribution in [3.8, 4) is 0 Å². The maximum atomic E-state index is 11.6. The highest BCUT2D eigenvalue weighted by atomic mass is 32.2. The number of benzene rings is 2. The highest BCUT2D eigenvalue weighted by molar-refractivity contribution is 7.89. The van der Waals surface area contributed by atoms with E-state index in [2.05, 4.69) is 0 Å². The monoisotopic (exact) mass is 448 g/mol. The largest absolute Gasteiger partial charge is 0.296 e. The summed E-state index contributed by atoms with van der Waals surface area (Å²) < 4.78 is 128. The van der Waals surface area contributed by atoms with Gasteiger partial charge >= 0.3 is 0 Å². The molecule has 0 aromatic heterocycles. The van der Waals surface area contributed by atoms with Gasteiger partial charge in [-0.2, -0.15) is 33.7 Å². The van der Waals surface area contributed by atoms with E-state index in [1.807, 2.05) is 0 Å². The van der Waals surface area contributed by atoms with Crippen molar-refractivity contribution in [3.63, 3.8) is 0 Å². The van der Waals surface area contributed by atoms with Crippen LogP contribution in [0.5, 0.6) is 0 Å². The van der Waals surface area contributed by atoms with Gasteiger partial charge in [0.15, 0.2) is 0 Å². The van der Waals surface area contributed by atoms with Gasteiger partial charge in [0, 0.05) is 10.8 Å². The highest BCUT2D eigenvalue weighted by Gasteiger charge is 2.30. The van der Waals surface area contributed by atoms with Crippen LogP contribution in [0.15, 0.2) is 43.8 Å². The van der Waals surface area contributed by atoms with Crippen LogP contribution in [-0.4, -0.2) is 51.9 Å². The first-order valence-corrected chi connectivity index (χ1v) is 11.7. The molecule has 0 atom stereocenters. The molecule has 0 saturated heterocycles. The van der Waals surface area contributed by atoms with Crippen LogP contribution < -0.4 is 0 Å². The summed E-state index contributed by atoms with van der Waals surface area (Å²) >= 11 is 0. The molecule has 0 aliphatic rings. The average molecular weight is 448 g/mol. The summed E-state index contributed by atoms with van der Waals surface area (Å²) in [4.78, 5) is -5.36. The van der Waals surface area contributed by atoms with Gasteiger partial charge in [0.05, 0.1) is 4.90 Å². The Morgan fingerprint density at radius 1 is 0.538 bits per heavy atom. The molecule has 0 radical (unpaired) electrons. The predicted molar refractivity (Wildman–Crippen MR) is 83.2 cm³/mol. The molecule has 12 nitrogen and oxygen atoms in total. The number of rotatable bonds is 4. The third-order valence-corrected chi connectivity index (χ3v) is 6.80. The quantitative estimate of drug-likeness (QED) is 0.448. The summed E-state index contributed by atoms with van der Waals surface area (Å²) in [5.41, 5.74) is 0. The maximum absolute atomic E-state index is 11.6. The maximum Gasteiger partial charge on any atom is 0.296 e. The Bertz CT molecular complexity index is 1350. The van der Waals surface area contributed by atoms with Gasteiger partial charge in [-0.1, -0.05) is 6.07 Å². The molecule has 0 fully saturated rings. The van der Waals surface area contributed by atoms with Crippen LogP contribution in [0, 0.1) is 0 Å². The lowest BCUT2D eigenvalue weighted by Gasteiger charge is -2.12. The Hall–Kier alpha value is -1.66. The van der Waals surface area contributed by atoms with E-state index >= 15 is 0 Å². The molecule has 0 spiro atoms. The zero-order valence-electron chi connectivity index (χ0n) is 12.0. The van der Waals surface area contributed by atoms with Gasteiger partial charge in [0.25, 0.3) is 40.5 Å². The van der Waals surface area contributed by atoms with E-state index in [0.717, 1.165) is 0 Å². The number of hydrogen-bond donors (Lipinski definition) is 4. The predicted octanol–water partition coefficient (Wildman–Crippen LogP) is -0.173. The zero-order valence-corrected chi connectivity index (χ0v) is 15.3. The molecule has 144 valence electrons. The third-order valence-electron chi connectivity index (χ3n) is 3.10. The molecule has 0 aliphatic carbocycles. The van der Waals surface area contributed by atoms with Crippen molar-refractivity contribution in [1.82, 2.24) is 0 Å². The van der Waals surface area contributed by atoms with Crippen LogP contribution in [-0.2, 0) is 40.5 Å². The molecule has 0 amide bonds. The Kier molecular flexibility index (Phi) is 4.71. The molecule has 26 heavy (non-hydrogen) atoms. The summed E-state index contributed by atoms with van der Waals surface area (Å²) in [5, 5.41) is -1.72. The van der Waals surface area contributed by atoms with Gasteiger partial charge in [-0.15, -0.1) is 0 Å². The van der Waals surface area contributed by atoms with E-state index in [1.165, 1.54) is 0 Å². The number of fused-ring (bicyclic) bond motifs is 1. The van der Waals surface area contributed by atoms with E-state index in [4.69, 9.17) is 9.11 Å². The van der Waals surface area contributed by atoms with Crippen LogP contribution in [0.2, 0.25) is 0 Å². The van der Waals surface area contributed by atoms with Crippen molar-refractivity contribution in [3.05, 3.63) is 24.3 Å². The van der Waals surface area contributed by atoms with Crippen LogP contribution in [0.4, 0.5) is 0 Å². The standard InChI is InChI=1S/C10H8O12S4/c11-23(12,13)5-3-7-6(9(4-5)25(17,18)19)1-2-8(24(14,15)16)10(7)26(20,21)22/h1-4H,(H,11,12,13)(H,14,15,16)(H,17,18,19)(H,20,21,22). The molecule has 0 bridgehead atoms. The smallest absolute Gasteiger partial charge is 0.282 e. The molecule has 2 aromatic carbocycles. The lowest BCUT2D eigenvalue weighted by molar-refractivity contribution is 0.467. The van der Waals surface area contributed by atoms with Gasteiger partial charge in [-0.3, -0.25) is 18.2 Å². The first-order valence-electron chi connectivity index (χ1n) is 5.95. The van der Waals surface area contributed by atoms with Gasteiger partial charge < -0.3 is 0 Å². The minimum atomic E-state index is -5.46. The fourth-order valence-electron chi connectivity index (χ4n) is 2.16. The third kappa shape index (κ3) is 3.86. The summed E-state index contributed by atoms with van der Waals surface area (Å²) in [6.07, 6.45) is 0. The van der Waals surface area contributed by atoms with E-state index in [1.54, 1.807) is 0 Å². The van der Waals surface area contributed by atoms with Gasteiger partial charge in [-0.05, 0) is 18.2 Å². The minimum absolute atomic E-state index is 0.286. The molecular formula is C10H8O12S4. The van der Waals surface area contributed by atoms with Crippen molar-refractivity contribution in [2.24, 2.45) is 0 Å². The Morgan fingerprint density at radius 2 is 1.04 bits per heavy atom. The van der Waals surface area contributed by atoms with E-state index in [-0.39, 0.29) is 6.07 Å². The summed E-state index contributed by atoms with van der Waals surface area (Å²) in [5.74, 6) is 0. The van der Waals surface area contributed by atoms with Gasteiger partial charge in [0.1, 0.15) is 14.7 Å². The summed E-state index contributed by atoms with van der Waals surface area (Å²) in [6, 6.07) is 1.69. The lowest BCUT2D eigenvalue weighted by Crippen LogP contribution is -2.11. The molecular weight excluding hydrogens is 440 g/mol. The second-order valence-electron chi connectivity index (χ2n) is 4.81. The SMILES string of the molecule is O=S(=O)(O)c1cc(S(=O)(=O)O)c2ccc(S(=O)(=O)O)c(S(=O)(=O)O)c2c1. The van der Waals surface area contributed by atoms with E-state index in [9.17, 15) is 42.8 Å². The fourth-order valence-corrected chi connectivity index (χ4v) is 5.49. The van der Waals surface area contributed by atoms with E-state index in [0.29, 0.717) is 18.2 Å². The minimum Gasteiger partial charge on any atom is -0.282 e. The second kappa shape index (κ2) is 5.92. The van der Waals surface area contributed by atoms with Gasteiger partial charge in [0.2, 0.25) is 0 Å². The normalized spacial score (nSPS) is 13.8. The fraction of sp³-hybridized carbons (Fsp3) is 0. The zero-order chi connectivity index (χ0) is 20.3. The Labute approximate surface area is 147 Å². The van der Waals surface area contributed by atoms with Crippen molar-refractivity contribution in [2.75, 3.05) is 0 Å². The summed E-state index contributed by atoms with van der Waals surface area (Å²) in [6.45, 7) is 0. The van der Waals surface area contributed by atoms with Crippen molar-refractivity contribution in [2.45, 2.75) is 19.6 Å². The molecule has 0 heterocycles. The van der Waals surface area contributed by atoms with E-state index < -0.39 is 70.8 Å².